The van der Waals surface area contributed by atoms with Gasteiger partial charge in [0, 0.05) is 31.8 Å². The van der Waals surface area contributed by atoms with Crippen LogP contribution >= 0.6 is 11.9 Å². The summed E-state index contributed by atoms with van der Waals surface area (Å²) in [5.74, 6) is 1.18. The summed E-state index contributed by atoms with van der Waals surface area (Å²) >= 11 is 1.76. The highest BCUT2D eigenvalue weighted by molar-refractivity contribution is 7.96. The fourth-order valence-electron chi connectivity index (χ4n) is 5.34. The number of rotatable bonds is 9. The number of amides is 1. The lowest BCUT2D eigenvalue weighted by molar-refractivity contribution is -0.135. The van der Waals surface area contributed by atoms with Gasteiger partial charge in [0.15, 0.2) is 0 Å². The van der Waals surface area contributed by atoms with Crippen molar-refractivity contribution >= 4 is 17.9 Å². The number of hydrogen-bond donors (Lipinski definition) is 2. The smallest absolute Gasteiger partial charge is 0.240 e. The normalized spacial score (nSPS) is 23.6. The second-order valence-corrected chi connectivity index (χ2v) is 12.1. The van der Waals surface area contributed by atoms with E-state index in [-0.39, 0.29) is 17.4 Å². The van der Waals surface area contributed by atoms with Gasteiger partial charge in [0.2, 0.25) is 5.91 Å². The van der Waals surface area contributed by atoms with Crippen LogP contribution in [0.5, 0.6) is 0 Å². The predicted octanol–water partition coefficient (Wildman–Crippen LogP) is 3.79. The second-order valence-electron chi connectivity index (χ2n) is 11.1. The van der Waals surface area contributed by atoms with Crippen LogP contribution in [-0.2, 0) is 17.6 Å². The molecule has 4 atom stereocenters. The Morgan fingerprint density at radius 2 is 1.81 bits per heavy atom. The summed E-state index contributed by atoms with van der Waals surface area (Å²) in [4.78, 5) is 15.9. The highest BCUT2D eigenvalue weighted by Crippen LogP contribution is 2.31. The zero-order chi connectivity index (χ0) is 23.5. The Hall–Kier alpha value is -1.08. The third-order valence-corrected chi connectivity index (χ3v) is 8.13. The molecule has 0 saturated carbocycles. The quantitative estimate of drug-likeness (QED) is 0.434. The van der Waals surface area contributed by atoms with Crippen molar-refractivity contribution in [1.29, 1.82) is 0 Å². The first-order valence-corrected chi connectivity index (χ1v) is 13.4. The number of likely N-dealkylation sites (N-methyl/N-ethyl adjacent to an activating group) is 1. The van der Waals surface area contributed by atoms with Crippen molar-refractivity contribution in [2.24, 2.45) is 17.3 Å². The molecule has 180 valence electrons. The molecule has 0 spiro atoms. The first-order chi connectivity index (χ1) is 15.1. The van der Waals surface area contributed by atoms with Crippen LogP contribution in [-0.4, -0.2) is 66.3 Å². The van der Waals surface area contributed by atoms with E-state index in [0.717, 1.165) is 32.4 Å². The molecule has 2 aliphatic rings. The number of carbonyl (C=O) groups is 1. The highest BCUT2D eigenvalue weighted by Gasteiger charge is 2.39. The van der Waals surface area contributed by atoms with E-state index in [2.05, 4.69) is 92.0 Å². The molecule has 0 bridgehead atoms. The van der Waals surface area contributed by atoms with Gasteiger partial charge in [0.25, 0.3) is 0 Å². The maximum absolute atomic E-state index is 13.8. The molecule has 5 nitrogen and oxygen atoms in total. The van der Waals surface area contributed by atoms with Gasteiger partial charge in [-0.05, 0) is 67.9 Å². The Morgan fingerprint density at radius 1 is 1.19 bits per heavy atom. The largest absolute Gasteiger partial charge is 0.338 e. The van der Waals surface area contributed by atoms with Crippen molar-refractivity contribution in [1.82, 2.24) is 19.8 Å². The monoisotopic (exact) mass is 460 g/mol. The van der Waals surface area contributed by atoms with E-state index >= 15 is 0 Å². The van der Waals surface area contributed by atoms with Crippen LogP contribution in [0, 0.1) is 17.3 Å². The molecule has 1 saturated heterocycles. The standard InChI is InChI=1S/C26H44N4OS/c1-18-12-19(2)30(15-18)25(31)24(22-13-20-10-8-9-11-21(20)14-22)28-17-27-23(26(3,4)5)16-29(6)32-7/h8-11,18-19,22-24,27-28H,12-17H2,1-7H3. The van der Waals surface area contributed by atoms with Gasteiger partial charge in [-0.15, -0.1) is 0 Å². The third kappa shape index (κ3) is 6.28. The van der Waals surface area contributed by atoms with E-state index in [4.69, 9.17) is 0 Å². The van der Waals surface area contributed by atoms with Crippen molar-refractivity contribution < 1.29 is 4.79 Å². The molecule has 2 N–H and O–H groups in total. The lowest BCUT2D eigenvalue weighted by Gasteiger charge is -2.36. The molecule has 1 amide bonds. The van der Waals surface area contributed by atoms with Crippen LogP contribution in [0.15, 0.2) is 24.3 Å². The van der Waals surface area contributed by atoms with Crippen molar-refractivity contribution in [3.63, 3.8) is 0 Å². The second kappa shape index (κ2) is 10.9. The van der Waals surface area contributed by atoms with Crippen molar-refractivity contribution in [2.45, 2.75) is 72.0 Å². The molecule has 1 aromatic rings. The van der Waals surface area contributed by atoms with Crippen molar-refractivity contribution in [2.75, 3.05) is 33.1 Å². The predicted molar refractivity (Wildman–Crippen MR) is 137 cm³/mol. The van der Waals surface area contributed by atoms with Gasteiger partial charge >= 0.3 is 0 Å². The van der Waals surface area contributed by atoms with E-state index in [1.807, 2.05) is 0 Å². The first kappa shape index (κ1) is 25.5. The van der Waals surface area contributed by atoms with E-state index in [9.17, 15) is 4.79 Å². The molecule has 3 rings (SSSR count). The summed E-state index contributed by atoms with van der Waals surface area (Å²) in [6, 6.07) is 9.20. The van der Waals surface area contributed by atoms with E-state index in [0.29, 0.717) is 30.6 Å². The molecule has 1 fully saturated rings. The number of likely N-dealkylation sites (tertiary alicyclic amines) is 1. The van der Waals surface area contributed by atoms with Crippen LogP contribution in [0.3, 0.4) is 0 Å². The maximum Gasteiger partial charge on any atom is 0.240 e. The van der Waals surface area contributed by atoms with Gasteiger partial charge in [0.1, 0.15) is 0 Å². The maximum atomic E-state index is 13.8. The molecule has 1 aliphatic heterocycles. The van der Waals surface area contributed by atoms with E-state index in [1.165, 1.54) is 11.1 Å². The summed E-state index contributed by atoms with van der Waals surface area (Å²) < 4.78 is 2.27. The Labute approximate surface area is 200 Å². The Kier molecular flexibility index (Phi) is 8.70. The average molecular weight is 461 g/mol. The minimum atomic E-state index is -0.151. The lowest BCUT2D eigenvalue weighted by atomic mass is 9.87. The fraction of sp³-hybridized carbons (Fsp3) is 0.731. The zero-order valence-corrected chi connectivity index (χ0v) is 22.0. The summed E-state index contributed by atoms with van der Waals surface area (Å²) in [5, 5.41) is 7.40. The van der Waals surface area contributed by atoms with Gasteiger partial charge in [-0.3, -0.25) is 19.7 Å². The Morgan fingerprint density at radius 3 is 2.31 bits per heavy atom. The fourth-order valence-corrected chi connectivity index (χ4v) is 5.64. The minimum Gasteiger partial charge on any atom is -0.338 e. The van der Waals surface area contributed by atoms with Gasteiger partial charge in [-0.2, -0.15) is 0 Å². The average Bonchev–Trinajstić information content (AvgIpc) is 3.30. The lowest BCUT2D eigenvalue weighted by Crippen LogP contribution is -2.56. The molecule has 0 aromatic heterocycles. The minimum absolute atomic E-state index is 0.133. The zero-order valence-electron chi connectivity index (χ0n) is 21.1. The summed E-state index contributed by atoms with van der Waals surface area (Å²) in [6.07, 6.45) is 5.18. The Balaban J connectivity index is 1.70. The Bertz CT molecular complexity index is 739. The summed E-state index contributed by atoms with van der Waals surface area (Å²) in [5.41, 5.74) is 2.94. The SMILES string of the molecule is CSN(C)CC(NCNC(C(=O)N1CC(C)CC1C)C1Cc2ccccc2C1)C(C)(C)C. The van der Waals surface area contributed by atoms with Crippen LogP contribution < -0.4 is 10.6 Å². The third-order valence-electron chi connectivity index (χ3n) is 7.35. The topological polar surface area (TPSA) is 47.6 Å². The summed E-state index contributed by atoms with van der Waals surface area (Å²) in [7, 11) is 2.14. The number of carbonyl (C=O) groups excluding carboxylic acids is 1. The molecule has 6 heteroatoms. The van der Waals surface area contributed by atoms with Gasteiger partial charge in [-0.1, -0.05) is 63.9 Å². The summed E-state index contributed by atoms with van der Waals surface area (Å²) in [6.45, 7) is 13.8. The molecular formula is C26H44N4OS. The molecule has 1 aliphatic carbocycles. The van der Waals surface area contributed by atoms with Crippen LogP contribution in [0.4, 0.5) is 0 Å². The molecule has 1 heterocycles. The number of hydrogen-bond acceptors (Lipinski definition) is 5. The van der Waals surface area contributed by atoms with Crippen LogP contribution in [0.25, 0.3) is 0 Å². The molecule has 1 aromatic carbocycles. The van der Waals surface area contributed by atoms with E-state index in [1.54, 1.807) is 11.9 Å². The number of nitrogens with one attached hydrogen (secondary N) is 2. The molecule has 32 heavy (non-hydrogen) atoms. The van der Waals surface area contributed by atoms with Gasteiger partial charge in [-0.25, -0.2) is 0 Å². The van der Waals surface area contributed by atoms with Crippen molar-refractivity contribution in [3.8, 4) is 0 Å². The molecular weight excluding hydrogens is 416 g/mol. The molecule has 0 radical (unpaired) electrons. The van der Waals surface area contributed by atoms with Crippen molar-refractivity contribution in [3.05, 3.63) is 35.4 Å². The highest BCUT2D eigenvalue weighted by atomic mass is 32.2. The van der Waals surface area contributed by atoms with E-state index < -0.39 is 0 Å². The van der Waals surface area contributed by atoms with Crippen LogP contribution in [0.1, 0.15) is 52.2 Å². The number of fused-ring (bicyclic) bond motifs is 1. The van der Waals surface area contributed by atoms with Gasteiger partial charge < -0.3 is 4.90 Å². The van der Waals surface area contributed by atoms with Crippen LogP contribution in [0.2, 0.25) is 0 Å². The number of nitrogens with zero attached hydrogens (tertiary/aromatic N) is 2. The van der Waals surface area contributed by atoms with Gasteiger partial charge in [0.05, 0.1) is 6.04 Å². The first-order valence-electron chi connectivity index (χ1n) is 12.2. The number of benzene rings is 1. The molecule has 4 unspecified atom stereocenters.